The third-order valence-electron chi connectivity index (χ3n) is 3.71. The molecular formula is C19H33N. The van der Waals surface area contributed by atoms with Crippen molar-refractivity contribution in [3.05, 3.63) is 35.9 Å². The van der Waals surface area contributed by atoms with E-state index in [1.54, 1.807) is 0 Å². The molecule has 1 rings (SSSR count). The minimum absolute atomic E-state index is 0.749. The van der Waals surface area contributed by atoms with E-state index in [1.807, 2.05) is 0 Å². The van der Waals surface area contributed by atoms with Gasteiger partial charge in [-0.3, -0.25) is 0 Å². The van der Waals surface area contributed by atoms with Crippen LogP contribution >= 0.6 is 0 Å². The number of hydrogen-bond acceptors (Lipinski definition) is 1. The van der Waals surface area contributed by atoms with E-state index in [4.69, 9.17) is 0 Å². The van der Waals surface area contributed by atoms with Crippen LogP contribution in [-0.2, 0) is 6.42 Å². The van der Waals surface area contributed by atoms with E-state index in [0.717, 1.165) is 24.3 Å². The summed E-state index contributed by atoms with van der Waals surface area (Å²) in [6, 6.07) is 10.9. The van der Waals surface area contributed by atoms with Gasteiger partial charge in [0.2, 0.25) is 0 Å². The third-order valence-corrected chi connectivity index (χ3v) is 3.71. The van der Waals surface area contributed by atoms with Crippen molar-refractivity contribution >= 4 is 0 Å². The summed E-state index contributed by atoms with van der Waals surface area (Å²) >= 11 is 0. The Hall–Kier alpha value is -0.820. The fourth-order valence-electron chi connectivity index (χ4n) is 2.79. The largest absolute Gasteiger partial charge is 0.316 e. The van der Waals surface area contributed by atoms with Gasteiger partial charge in [0.15, 0.2) is 0 Å². The molecule has 114 valence electrons. The van der Waals surface area contributed by atoms with E-state index in [9.17, 15) is 0 Å². The maximum absolute atomic E-state index is 3.64. The molecule has 0 bridgehead atoms. The van der Waals surface area contributed by atoms with Crippen LogP contribution in [0.5, 0.6) is 0 Å². The summed E-state index contributed by atoms with van der Waals surface area (Å²) in [5.74, 6) is 2.38. The van der Waals surface area contributed by atoms with Gasteiger partial charge in [0, 0.05) is 0 Å². The molecule has 1 atom stereocenters. The van der Waals surface area contributed by atoms with Crippen LogP contribution in [0.25, 0.3) is 0 Å². The highest BCUT2D eigenvalue weighted by Gasteiger charge is 2.11. The first-order valence-corrected chi connectivity index (χ1v) is 8.32. The highest BCUT2D eigenvalue weighted by Crippen LogP contribution is 2.18. The zero-order valence-corrected chi connectivity index (χ0v) is 13.9. The van der Waals surface area contributed by atoms with Gasteiger partial charge in [0.1, 0.15) is 0 Å². The second-order valence-electron chi connectivity index (χ2n) is 6.93. The lowest BCUT2D eigenvalue weighted by Crippen LogP contribution is -2.27. The van der Waals surface area contributed by atoms with Crippen LogP contribution in [-0.4, -0.2) is 13.1 Å². The monoisotopic (exact) mass is 275 g/mol. The molecule has 0 saturated heterocycles. The highest BCUT2D eigenvalue weighted by molar-refractivity contribution is 5.14. The standard InChI is InChI=1S/C19H33N/c1-16(2)13-19(15-20-14-17(3)4)12-8-11-18-9-6-5-7-10-18/h5-7,9-10,16-17,19-20H,8,11-15H2,1-4H3. The molecule has 0 aliphatic carbocycles. The first-order valence-electron chi connectivity index (χ1n) is 8.32. The summed E-state index contributed by atoms with van der Waals surface area (Å²) in [4.78, 5) is 0. The average molecular weight is 275 g/mol. The molecule has 1 N–H and O–H groups in total. The molecule has 0 saturated carbocycles. The van der Waals surface area contributed by atoms with Crippen LogP contribution in [0.15, 0.2) is 30.3 Å². The van der Waals surface area contributed by atoms with Crippen molar-refractivity contribution < 1.29 is 0 Å². The molecule has 0 radical (unpaired) electrons. The van der Waals surface area contributed by atoms with Gasteiger partial charge in [-0.2, -0.15) is 0 Å². The van der Waals surface area contributed by atoms with Crippen molar-refractivity contribution in [3.8, 4) is 0 Å². The lowest BCUT2D eigenvalue weighted by atomic mass is 9.91. The van der Waals surface area contributed by atoms with Crippen LogP contribution in [0.1, 0.15) is 52.5 Å². The van der Waals surface area contributed by atoms with Crippen molar-refractivity contribution in [3.63, 3.8) is 0 Å². The minimum Gasteiger partial charge on any atom is -0.316 e. The number of nitrogens with one attached hydrogen (secondary N) is 1. The predicted molar refractivity (Wildman–Crippen MR) is 90.0 cm³/mol. The lowest BCUT2D eigenvalue weighted by Gasteiger charge is -2.20. The fourth-order valence-corrected chi connectivity index (χ4v) is 2.79. The zero-order valence-electron chi connectivity index (χ0n) is 13.9. The Bertz CT molecular complexity index is 329. The molecule has 1 aromatic carbocycles. The Kier molecular flexibility index (Phi) is 8.60. The van der Waals surface area contributed by atoms with E-state index in [0.29, 0.717) is 0 Å². The highest BCUT2D eigenvalue weighted by atomic mass is 14.9. The fraction of sp³-hybridized carbons (Fsp3) is 0.684. The van der Waals surface area contributed by atoms with Crippen LogP contribution in [0.4, 0.5) is 0 Å². The molecule has 0 aliphatic heterocycles. The number of benzene rings is 1. The van der Waals surface area contributed by atoms with Gasteiger partial charge in [-0.05, 0) is 62.1 Å². The molecule has 20 heavy (non-hydrogen) atoms. The molecular weight excluding hydrogens is 242 g/mol. The molecule has 1 aromatic rings. The molecule has 1 nitrogen and oxygen atoms in total. The average Bonchev–Trinajstić information content (AvgIpc) is 2.38. The van der Waals surface area contributed by atoms with Crippen LogP contribution in [0.3, 0.4) is 0 Å². The summed E-state index contributed by atoms with van der Waals surface area (Å²) in [7, 11) is 0. The molecule has 0 spiro atoms. The maximum atomic E-state index is 3.64. The zero-order chi connectivity index (χ0) is 14.8. The van der Waals surface area contributed by atoms with Crippen LogP contribution < -0.4 is 5.32 Å². The Balaban J connectivity index is 2.28. The van der Waals surface area contributed by atoms with Gasteiger partial charge in [0.05, 0.1) is 0 Å². The summed E-state index contributed by atoms with van der Waals surface area (Å²) in [5, 5.41) is 3.64. The number of aryl methyl sites for hydroxylation is 1. The van der Waals surface area contributed by atoms with Gasteiger partial charge < -0.3 is 5.32 Å². The normalized spacial score (nSPS) is 13.1. The Labute approximate surface area is 126 Å². The van der Waals surface area contributed by atoms with Gasteiger partial charge in [-0.25, -0.2) is 0 Å². The molecule has 0 aliphatic rings. The molecule has 0 fully saturated rings. The van der Waals surface area contributed by atoms with Gasteiger partial charge in [0.25, 0.3) is 0 Å². The summed E-state index contributed by atoms with van der Waals surface area (Å²) in [6.07, 6.45) is 5.22. The molecule has 0 heterocycles. The van der Waals surface area contributed by atoms with E-state index in [1.165, 1.54) is 37.8 Å². The topological polar surface area (TPSA) is 12.0 Å². The van der Waals surface area contributed by atoms with Gasteiger partial charge in [-0.1, -0.05) is 58.0 Å². The predicted octanol–water partition coefficient (Wildman–Crippen LogP) is 4.92. The first kappa shape index (κ1) is 17.2. The van der Waals surface area contributed by atoms with E-state index in [-0.39, 0.29) is 0 Å². The van der Waals surface area contributed by atoms with Crippen LogP contribution in [0.2, 0.25) is 0 Å². The molecule has 0 aromatic heterocycles. The summed E-state index contributed by atoms with van der Waals surface area (Å²) < 4.78 is 0. The first-order chi connectivity index (χ1) is 9.58. The maximum Gasteiger partial charge on any atom is -0.00203 e. The quantitative estimate of drug-likeness (QED) is 0.639. The molecule has 0 amide bonds. The third kappa shape index (κ3) is 8.37. The van der Waals surface area contributed by atoms with E-state index >= 15 is 0 Å². The Morgan fingerprint density at radius 1 is 0.900 bits per heavy atom. The van der Waals surface area contributed by atoms with E-state index < -0.39 is 0 Å². The number of rotatable bonds is 10. The minimum atomic E-state index is 0.749. The number of hydrogen-bond donors (Lipinski definition) is 1. The van der Waals surface area contributed by atoms with Crippen molar-refractivity contribution in [2.45, 2.75) is 53.4 Å². The summed E-state index contributed by atoms with van der Waals surface area (Å²) in [5.41, 5.74) is 1.48. The van der Waals surface area contributed by atoms with Gasteiger partial charge in [-0.15, -0.1) is 0 Å². The Morgan fingerprint density at radius 2 is 1.60 bits per heavy atom. The molecule has 1 heteroatoms. The smallest absolute Gasteiger partial charge is 0.00203 e. The van der Waals surface area contributed by atoms with Crippen molar-refractivity contribution in [2.24, 2.45) is 17.8 Å². The SMILES string of the molecule is CC(C)CNCC(CCCc1ccccc1)CC(C)C. The van der Waals surface area contributed by atoms with Crippen LogP contribution in [0, 0.1) is 17.8 Å². The second-order valence-corrected chi connectivity index (χ2v) is 6.93. The van der Waals surface area contributed by atoms with Crippen molar-refractivity contribution in [2.75, 3.05) is 13.1 Å². The second kappa shape index (κ2) is 9.99. The summed E-state index contributed by atoms with van der Waals surface area (Å²) in [6.45, 7) is 11.6. The van der Waals surface area contributed by atoms with E-state index in [2.05, 4.69) is 63.3 Å². The lowest BCUT2D eigenvalue weighted by molar-refractivity contribution is 0.352. The molecule has 1 unspecified atom stereocenters. The Morgan fingerprint density at radius 3 is 2.20 bits per heavy atom. The van der Waals surface area contributed by atoms with Crippen molar-refractivity contribution in [1.29, 1.82) is 0 Å². The van der Waals surface area contributed by atoms with Crippen molar-refractivity contribution in [1.82, 2.24) is 5.32 Å². The van der Waals surface area contributed by atoms with Gasteiger partial charge >= 0.3 is 0 Å².